The van der Waals surface area contributed by atoms with E-state index in [4.69, 9.17) is 4.74 Å². The summed E-state index contributed by atoms with van der Waals surface area (Å²) in [5, 5.41) is 7.93. The van der Waals surface area contributed by atoms with Crippen LogP contribution in [0.4, 0.5) is 0 Å². The van der Waals surface area contributed by atoms with Crippen molar-refractivity contribution in [1.29, 1.82) is 0 Å². The van der Waals surface area contributed by atoms with E-state index in [0.717, 1.165) is 16.7 Å². The molecule has 0 fully saturated rings. The van der Waals surface area contributed by atoms with E-state index in [1.165, 1.54) is 5.56 Å². The minimum absolute atomic E-state index is 0.850. The zero-order valence-corrected chi connectivity index (χ0v) is 7.09. The maximum absolute atomic E-state index is 5.20. The van der Waals surface area contributed by atoms with Crippen molar-refractivity contribution in [3.05, 3.63) is 23.9 Å². The van der Waals surface area contributed by atoms with Crippen LogP contribution < -0.4 is 4.74 Å². The molecule has 2 aromatic rings. The molecule has 0 spiro atoms. The Morgan fingerprint density at radius 2 is 2.25 bits per heavy atom. The van der Waals surface area contributed by atoms with Crippen LogP contribution in [0.5, 0.6) is 5.75 Å². The molecule has 3 nitrogen and oxygen atoms in total. The molecule has 3 heteroatoms. The second-order valence-corrected chi connectivity index (χ2v) is 2.80. The molecule has 0 amide bonds. The molecule has 62 valence electrons. The quantitative estimate of drug-likeness (QED) is 0.695. The van der Waals surface area contributed by atoms with Gasteiger partial charge in [-0.25, -0.2) is 0 Å². The highest BCUT2D eigenvalue weighted by molar-refractivity contribution is 5.84. The van der Waals surface area contributed by atoms with Crippen LogP contribution in [0, 0.1) is 6.92 Å². The van der Waals surface area contributed by atoms with E-state index in [1.807, 2.05) is 13.0 Å². The first-order valence-corrected chi connectivity index (χ1v) is 3.79. The van der Waals surface area contributed by atoms with E-state index in [0.29, 0.717) is 0 Å². The first-order valence-electron chi connectivity index (χ1n) is 3.79. The summed E-state index contributed by atoms with van der Waals surface area (Å²) in [7, 11) is 1.66. The van der Waals surface area contributed by atoms with Crippen LogP contribution in [-0.4, -0.2) is 17.3 Å². The van der Waals surface area contributed by atoms with E-state index in [1.54, 1.807) is 13.3 Å². The summed E-state index contributed by atoms with van der Waals surface area (Å²) in [4.78, 5) is 0. The molecule has 0 bridgehead atoms. The normalized spacial score (nSPS) is 10.5. The number of aryl methyl sites for hydroxylation is 1. The molecule has 0 aliphatic heterocycles. The zero-order valence-electron chi connectivity index (χ0n) is 7.09. The van der Waals surface area contributed by atoms with Gasteiger partial charge in [-0.05, 0) is 24.6 Å². The molecule has 0 aliphatic carbocycles. The second-order valence-electron chi connectivity index (χ2n) is 2.80. The highest BCUT2D eigenvalue weighted by atomic mass is 16.5. The Kier molecular flexibility index (Phi) is 1.50. The van der Waals surface area contributed by atoms with Gasteiger partial charge in [-0.15, -0.1) is 0 Å². The standard InChI is InChI=1S/C9H10N2O/c1-6-3-7-5-10-11-9(7)8(4-6)12-2/h3-5H,1-2H3,(H,10,11). The number of methoxy groups -OCH3 is 1. The average Bonchev–Trinajstić information content (AvgIpc) is 2.50. The van der Waals surface area contributed by atoms with Crippen molar-refractivity contribution in [2.45, 2.75) is 6.92 Å². The molecule has 2 rings (SSSR count). The molecule has 0 aliphatic rings. The summed E-state index contributed by atoms with van der Waals surface area (Å²) in [6, 6.07) is 4.06. The number of nitrogens with one attached hydrogen (secondary N) is 1. The van der Waals surface area contributed by atoms with Crippen molar-refractivity contribution in [2.24, 2.45) is 0 Å². The third-order valence-corrected chi connectivity index (χ3v) is 1.88. The molecule has 0 unspecified atom stereocenters. The third kappa shape index (κ3) is 0.942. The van der Waals surface area contributed by atoms with Crippen LogP contribution >= 0.6 is 0 Å². The van der Waals surface area contributed by atoms with Gasteiger partial charge in [0.1, 0.15) is 11.3 Å². The maximum atomic E-state index is 5.20. The number of fused-ring (bicyclic) bond motifs is 1. The van der Waals surface area contributed by atoms with Gasteiger partial charge in [-0.1, -0.05) is 0 Å². The van der Waals surface area contributed by atoms with Crippen molar-refractivity contribution in [3.63, 3.8) is 0 Å². The lowest BCUT2D eigenvalue weighted by Gasteiger charge is -2.01. The number of aromatic nitrogens is 2. The molecule has 0 atom stereocenters. The molecule has 1 aromatic carbocycles. The summed E-state index contributed by atoms with van der Waals surface area (Å²) in [5.41, 5.74) is 2.14. The van der Waals surface area contributed by atoms with Crippen molar-refractivity contribution >= 4 is 10.9 Å². The molecule has 1 heterocycles. The Morgan fingerprint density at radius 3 is 3.00 bits per heavy atom. The van der Waals surface area contributed by atoms with Crippen molar-refractivity contribution in [1.82, 2.24) is 10.2 Å². The van der Waals surface area contributed by atoms with E-state index in [9.17, 15) is 0 Å². The lowest BCUT2D eigenvalue weighted by molar-refractivity contribution is 0.418. The monoisotopic (exact) mass is 162 g/mol. The van der Waals surface area contributed by atoms with Gasteiger partial charge < -0.3 is 4.74 Å². The van der Waals surface area contributed by atoms with Crippen LogP contribution in [-0.2, 0) is 0 Å². The van der Waals surface area contributed by atoms with Gasteiger partial charge in [-0.3, -0.25) is 5.10 Å². The van der Waals surface area contributed by atoms with Crippen molar-refractivity contribution < 1.29 is 4.74 Å². The number of rotatable bonds is 1. The second kappa shape index (κ2) is 2.52. The summed E-state index contributed by atoms with van der Waals surface area (Å²) in [6.45, 7) is 2.04. The minimum atomic E-state index is 0.850. The molecule has 1 N–H and O–H groups in total. The molecule has 0 saturated heterocycles. The van der Waals surface area contributed by atoms with Gasteiger partial charge in [0.15, 0.2) is 0 Å². The summed E-state index contributed by atoms with van der Waals surface area (Å²) < 4.78 is 5.20. The average molecular weight is 162 g/mol. The summed E-state index contributed by atoms with van der Waals surface area (Å²) >= 11 is 0. The number of hydrogen-bond donors (Lipinski definition) is 1. The molecule has 1 aromatic heterocycles. The zero-order chi connectivity index (χ0) is 8.55. The summed E-state index contributed by atoms with van der Waals surface area (Å²) in [5.74, 6) is 0.850. The van der Waals surface area contributed by atoms with E-state index >= 15 is 0 Å². The SMILES string of the molecule is COc1cc(C)cc2cn[nH]c12. The lowest BCUT2D eigenvalue weighted by atomic mass is 10.2. The fraction of sp³-hybridized carbons (Fsp3) is 0.222. The van der Waals surface area contributed by atoms with E-state index in [2.05, 4.69) is 16.3 Å². The first-order chi connectivity index (χ1) is 5.81. The topological polar surface area (TPSA) is 37.9 Å². The van der Waals surface area contributed by atoms with Crippen LogP contribution in [0.1, 0.15) is 5.56 Å². The molecule has 0 saturated carbocycles. The highest BCUT2D eigenvalue weighted by Gasteiger charge is 2.02. The minimum Gasteiger partial charge on any atom is -0.494 e. The Bertz CT molecular complexity index is 406. The number of aromatic amines is 1. The van der Waals surface area contributed by atoms with Crippen molar-refractivity contribution in [3.8, 4) is 5.75 Å². The Morgan fingerprint density at radius 1 is 1.42 bits per heavy atom. The number of benzene rings is 1. The molecular weight excluding hydrogens is 152 g/mol. The predicted molar refractivity (Wildman–Crippen MR) is 47.4 cm³/mol. The van der Waals surface area contributed by atoms with Crippen LogP contribution in [0.15, 0.2) is 18.3 Å². The van der Waals surface area contributed by atoms with Gasteiger partial charge >= 0.3 is 0 Å². The van der Waals surface area contributed by atoms with Gasteiger partial charge in [0.2, 0.25) is 0 Å². The fourth-order valence-corrected chi connectivity index (χ4v) is 1.33. The predicted octanol–water partition coefficient (Wildman–Crippen LogP) is 1.88. The molecular formula is C9H10N2O. The summed E-state index contributed by atoms with van der Waals surface area (Å²) in [6.07, 6.45) is 1.80. The number of nitrogens with zero attached hydrogens (tertiary/aromatic N) is 1. The maximum Gasteiger partial charge on any atom is 0.144 e. The largest absolute Gasteiger partial charge is 0.494 e. The van der Waals surface area contributed by atoms with E-state index in [-0.39, 0.29) is 0 Å². The number of H-pyrrole nitrogens is 1. The third-order valence-electron chi connectivity index (χ3n) is 1.88. The van der Waals surface area contributed by atoms with E-state index < -0.39 is 0 Å². The highest BCUT2D eigenvalue weighted by Crippen LogP contribution is 2.24. The fourth-order valence-electron chi connectivity index (χ4n) is 1.33. The molecule has 12 heavy (non-hydrogen) atoms. The van der Waals surface area contributed by atoms with Gasteiger partial charge in [0.05, 0.1) is 13.3 Å². The molecule has 0 radical (unpaired) electrons. The Hall–Kier alpha value is -1.51. The first kappa shape index (κ1) is 7.16. The number of ether oxygens (including phenoxy) is 1. The van der Waals surface area contributed by atoms with Crippen LogP contribution in [0.3, 0.4) is 0 Å². The van der Waals surface area contributed by atoms with Gasteiger partial charge in [-0.2, -0.15) is 5.10 Å². The van der Waals surface area contributed by atoms with Gasteiger partial charge in [0.25, 0.3) is 0 Å². The van der Waals surface area contributed by atoms with Crippen LogP contribution in [0.2, 0.25) is 0 Å². The van der Waals surface area contributed by atoms with Gasteiger partial charge in [0, 0.05) is 5.39 Å². The smallest absolute Gasteiger partial charge is 0.144 e. The Balaban J connectivity index is 2.80. The number of hydrogen-bond acceptors (Lipinski definition) is 2. The van der Waals surface area contributed by atoms with Crippen LogP contribution in [0.25, 0.3) is 10.9 Å². The Labute approximate surface area is 70.4 Å². The van der Waals surface area contributed by atoms with Crippen molar-refractivity contribution in [2.75, 3.05) is 7.11 Å². The lowest BCUT2D eigenvalue weighted by Crippen LogP contribution is -1.85.